The zero-order valence-corrected chi connectivity index (χ0v) is 15.7. The van der Waals surface area contributed by atoms with Gasteiger partial charge in [0.05, 0.1) is 11.1 Å². The van der Waals surface area contributed by atoms with E-state index in [1.54, 1.807) is 18.4 Å². The maximum Gasteiger partial charge on any atom is 0.230 e. The Balaban J connectivity index is 1.42. The van der Waals surface area contributed by atoms with Crippen LogP contribution in [0.5, 0.6) is 5.88 Å². The molecule has 5 rings (SSSR count). The van der Waals surface area contributed by atoms with E-state index in [-0.39, 0.29) is 17.7 Å². The first-order valence-electron chi connectivity index (χ1n) is 9.00. The van der Waals surface area contributed by atoms with Crippen LogP contribution in [0, 0.1) is 5.82 Å². The smallest absolute Gasteiger partial charge is 0.230 e. The van der Waals surface area contributed by atoms with Crippen molar-refractivity contribution in [3.63, 3.8) is 0 Å². The number of rotatable bonds is 4. The summed E-state index contributed by atoms with van der Waals surface area (Å²) in [5.41, 5.74) is 1.01. The number of nitrogens with zero attached hydrogens (tertiary/aromatic N) is 5. The lowest BCUT2D eigenvalue weighted by molar-refractivity contribution is 0.191. The SMILES string of the molecule is Oc1c(C(c2ccco2)N2CCN(c3ccc(F)cc3)CC2)sc2ncnn12. The Labute approximate surface area is 164 Å². The second-order valence-electron chi connectivity index (χ2n) is 6.66. The summed E-state index contributed by atoms with van der Waals surface area (Å²) in [6.45, 7) is 3.14. The van der Waals surface area contributed by atoms with Gasteiger partial charge in [-0.3, -0.25) is 4.90 Å². The Morgan fingerprint density at radius 1 is 1.11 bits per heavy atom. The monoisotopic (exact) mass is 399 g/mol. The highest BCUT2D eigenvalue weighted by Gasteiger charge is 2.33. The van der Waals surface area contributed by atoms with Gasteiger partial charge in [0.1, 0.15) is 23.9 Å². The lowest BCUT2D eigenvalue weighted by atomic mass is 10.1. The largest absolute Gasteiger partial charge is 0.492 e. The van der Waals surface area contributed by atoms with Crippen LogP contribution in [0.15, 0.2) is 53.4 Å². The zero-order chi connectivity index (χ0) is 19.1. The van der Waals surface area contributed by atoms with Crippen molar-refractivity contribution in [1.82, 2.24) is 19.5 Å². The van der Waals surface area contributed by atoms with E-state index in [2.05, 4.69) is 19.9 Å². The van der Waals surface area contributed by atoms with Crippen LogP contribution in [0.2, 0.25) is 0 Å². The number of halogens is 1. The molecule has 7 nitrogen and oxygen atoms in total. The van der Waals surface area contributed by atoms with Crippen LogP contribution in [0.25, 0.3) is 4.96 Å². The molecule has 0 amide bonds. The number of furan rings is 1. The number of anilines is 1. The van der Waals surface area contributed by atoms with Crippen LogP contribution in [0.3, 0.4) is 0 Å². The van der Waals surface area contributed by atoms with Gasteiger partial charge in [-0.25, -0.2) is 9.37 Å². The topological polar surface area (TPSA) is 70.0 Å². The maximum atomic E-state index is 13.2. The molecule has 1 aromatic carbocycles. The van der Waals surface area contributed by atoms with E-state index < -0.39 is 0 Å². The van der Waals surface area contributed by atoms with Crippen molar-refractivity contribution < 1.29 is 13.9 Å². The summed E-state index contributed by atoms with van der Waals surface area (Å²) < 4.78 is 20.3. The highest BCUT2D eigenvalue weighted by molar-refractivity contribution is 7.17. The van der Waals surface area contributed by atoms with Crippen LogP contribution in [0.1, 0.15) is 16.7 Å². The molecule has 1 aliphatic heterocycles. The molecule has 1 N–H and O–H groups in total. The summed E-state index contributed by atoms with van der Waals surface area (Å²) in [7, 11) is 0. The predicted molar refractivity (Wildman–Crippen MR) is 103 cm³/mol. The van der Waals surface area contributed by atoms with Gasteiger partial charge in [-0.2, -0.15) is 9.61 Å². The molecule has 0 radical (unpaired) electrons. The average molecular weight is 399 g/mol. The molecule has 144 valence electrons. The first kappa shape index (κ1) is 17.2. The third-order valence-corrected chi connectivity index (χ3v) is 6.16. The van der Waals surface area contributed by atoms with Crippen molar-refractivity contribution in [1.29, 1.82) is 0 Å². The number of hydrogen-bond donors (Lipinski definition) is 1. The van der Waals surface area contributed by atoms with Gasteiger partial charge in [-0.05, 0) is 36.4 Å². The van der Waals surface area contributed by atoms with Gasteiger partial charge >= 0.3 is 0 Å². The molecule has 9 heteroatoms. The first-order valence-corrected chi connectivity index (χ1v) is 9.82. The summed E-state index contributed by atoms with van der Waals surface area (Å²) in [4.78, 5) is 10.1. The molecule has 3 aromatic heterocycles. The Morgan fingerprint density at radius 3 is 2.57 bits per heavy atom. The van der Waals surface area contributed by atoms with Crippen LogP contribution in [-0.2, 0) is 0 Å². The molecule has 1 unspecified atom stereocenters. The third-order valence-electron chi connectivity index (χ3n) is 5.07. The van der Waals surface area contributed by atoms with E-state index >= 15 is 0 Å². The summed E-state index contributed by atoms with van der Waals surface area (Å²) in [5, 5.41) is 14.8. The van der Waals surface area contributed by atoms with E-state index in [0.717, 1.165) is 42.5 Å². The van der Waals surface area contributed by atoms with Gasteiger partial charge in [-0.1, -0.05) is 11.3 Å². The molecule has 4 aromatic rings. The fraction of sp³-hybridized carbons (Fsp3) is 0.263. The lowest BCUT2D eigenvalue weighted by Gasteiger charge is -2.39. The van der Waals surface area contributed by atoms with Gasteiger partial charge < -0.3 is 14.4 Å². The number of thiazole rings is 1. The van der Waals surface area contributed by atoms with Gasteiger partial charge in [0.25, 0.3) is 0 Å². The molecule has 0 bridgehead atoms. The predicted octanol–water partition coefficient (Wildman–Crippen LogP) is 3.14. The molecule has 28 heavy (non-hydrogen) atoms. The molecule has 0 saturated carbocycles. The number of benzene rings is 1. The Kier molecular flexibility index (Phi) is 4.25. The number of fused-ring (bicyclic) bond motifs is 1. The van der Waals surface area contributed by atoms with Gasteiger partial charge in [0.15, 0.2) is 0 Å². The molecular formula is C19H18FN5O2S. The maximum absolute atomic E-state index is 13.2. The minimum atomic E-state index is -0.230. The van der Waals surface area contributed by atoms with Gasteiger partial charge in [0.2, 0.25) is 10.8 Å². The quantitative estimate of drug-likeness (QED) is 0.569. The number of aromatic hydroxyl groups is 1. The van der Waals surface area contributed by atoms with Crippen molar-refractivity contribution in [3.05, 3.63) is 65.4 Å². The number of piperazine rings is 1. The fourth-order valence-electron chi connectivity index (χ4n) is 3.68. The molecule has 1 aliphatic rings. The van der Waals surface area contributed by atoms with Crippen molar-refractivity contribution in [2.45, 2.75) is 6.04 Å². The van der Waals surface area contributed by atoms with E-state index in [9.17, 15) is 9.50 Å². The van der Waals surface area contributed by atoms with E-state index in [1.165, 1.54) is 34.3 Å². The second-order valence-corrected chi connectivity index (χ2v) is 7.67. The summed E-state index contributed by atoms with van der Waals surface area (Å²) in [5.74, 6) is 0.641. The highest BCUT2D eigenvalue weighted by atomic mass is 32.1. The molecular weight excluding hydrogens is 381 g/mol. The van der Waals surface area contributed by atoms with Crippen molar-refractivity contribution >= 4 is 22.0 Å². The van der Waals surface area contributed by atoms with Crippen LogP contribution in [-0.4, -0.2) is 50.8 Å². The third kappa shape index (κ3) is 2.92. The van der Waals surface area contributed by atoms with E-state index in [0.29, 0.717) is 4.96 Å². The molecule has 1 fully saturated rings. The Morgan fingerprint density at radius 2 is 1.89 bits per heavy atom. The Hall–Kier alpha value is -2.91. The second kappa shape index (κ2) is 6.92. The fourth-order valence-corrected chi connectivity index (χ4v) is 4.76. The number of hydrogen-bond acceptors (Lipinski definition) is 7. The van der Waals surface area contributed by atoms with Gasteiger partial charge in [0, 0.05) is 31.9 Å². The van der Waals surface area contributed by atoms with E-state index in [1.807, 2.05) is 12.1 Å². The lowest BCUT2D eigenvalue weighted by Crippen LogP contribution is -2.47. The summed E-state index contributed by atoms with van der Waals surface area (Å²) >= 11 is 1.41. The summed E-state index contributed by atoms with van der Waals surface area (Å²) in [6, 6.07) is 10.2. The molecule has 4 heterocycles. The van der Waals surface area contributed by atoms with Crippen LogP contribution < -0.4 is 4.90 Å². The standard InChI is InChI=1S/C19H18FN5O2S/c20-13-3-5-14(6-4-13)23-7-9-24(10-8-23)16(15-2-1-11-27-15)17-18(26)25-19(28-17)21-12-22-25/h1-6,11-12,16,26H,7-10H2. The van der Waals surface area contributed by atoms with Crippen LogP contribution >= 0.6 is 11.3 Å². The van der Waals surface area contributed by atoms with E-state index in [4.69, 9.17) is 4.42 Å². The minimum absolute atomic E-state index is 0.0971. The zero-order valence-electron chi connectivity index (χ0n) is 14.9. The Bertz CT molecular complexity index is 1070. The van der Waals surface area contributed by atoms with Crippen molar-refractivity contribution in [2.75, 3.05) is 31.1 Å². The van der Waals surface area contributed by atoms with Crippen molar-refractivity contribution in [3.8, 4) is 5.88 Å². The van der Waals surface area contributed by atoms with Crippen molar-refractivity contribution in [2.24, 2.45) is 0 Å². The minimum Gasteiger partial charge on any atom is -0.492 e. The first-order chi connectivity index (χ1) is 13.7. The average Bonchev–Trinajstić information content (AvgIpc) is 3.45. The molecule has 0 spiro atoms. The molecule has 1 saturated heterocycles. The molecule has 0 aliphatic carbocycles. The number of aromatic nitrogens is 3. The van der Waals surface area contributed by atoms with Crippen LogP contribution in [0.4, 0.5) is 10.1 Å². The normalized spacial score (nSPS) is 16.7. The highest BCUT2D eigenvalue weighted by Crippen LogP contribution is 2.40. The summed E-state index contributed by atoms with van der Waals surface area (Å²) in [6.07, 6.45) is 3.07. The molecule has 1 atom stereocenters. The van der Waals surface area contributed by atoms with Gasteiger partial charge in [-0.15, -0.1) is 0 Å².